The Morgan fingerprint density at radius 3 is 2.67 bits per heavy atom. The van der Waals surface area contributed by atoms with Crippen LogP contribution in [0, 0.1) is 29.1 Å². The van der Waals surface area contributed by atoms with Gasteiger partial charge < -0.3 is 30.2 Å². The molecule has 39 heavy (non-hydrogen) atoms. The van der Waals surface area contributed by atoms with Crippen molar-refractivity contribution in [3.8, 4) is 11.8 Å². The number of aromatic nitrogens is 2. The van der Waals surface area contributed by atoms with E-state index in [1.807, 2.05) is 38.1 Å². The van der Waals surface area contributed by atoms with Gasteiger partial charge in [-0.05, 0) is 76.3 Å². The van der Waals surface area contributed by atoms with Gasteiger partial charge in [-0.25, -0.2) is 4.98 Å². The van der Waals surface area contributed by atoms with Gasteiger partial charge in [0.15, 0.2) is 5.79 Å². The SMILES string of the molecule is COc1ccccc1CNc1ncc(C#N)c(NCC2C[C@H]3CCC[C@@H](C2)[C@@H]3NCC[C@@H]2COC(C)(C)O2)n1. The fourth-order valence-corrected chi connectivity index (χ4v) is 6.63. The van der Waals surface area contributed by atoms with Crippen molar-refractivity contribution in [1.29, 1.82) is 5.26 Å². The van der Waals surface area contributed by atoms with Crippen LogP contribution in [0.25, 0.3) is 0 Å². The van der Waals surface area contributed by atoms with Gasteiger partial charge in [-0.2, -0.15) is 10.2 Å². The van der Waals surface area contributed by atoms with Crippen LogP contribution >= 0.6 is 0 Å². The van der Waals surface area contributed by atoms with Crippen molar-refractivity contribution in [3.63, 3.8) is 0 Å². The molecule has 0 amide bonds. The number of nitriles is 1. The molecule has 9 nitrogen and oxygen atoms in total. The Morgan fingerprint density at radius 2 is 1.95 bits per heavy atom. The molecule has 1 unspecified atom stereocenters. The fourth-order valence-electron chi connectivity index (χ4n) is 6.63. The van der Waals surface area contributed by atoms with Crippen LogP contribution in [0.1, 0.15) is 63.5 Å². The average molecular weight is 535 g/mol. The first-order valence-corrected chi connectivity index (χ1v) is 14.4. The molecule has 2 heterocycles. The van der Waals surface area contributed by atoms with Gasteiger partial charge in [0.05, 0.1) is 26.0 Å². The van der Waals surface area contributed by atoms with Crippen LogP contribution in [0.15, 0.2) is 30.5 Å². The Morgan fingerprint density at radius 1 is 1.15 bits per heavy atom. The molecule has 9 heteroatoms. The second-order valence-corrected chi connectivity index (χ2v) is 11.6. The second-order valence-electron chi connectivity index (χ2n) is 11.6. The third kappa shape index (κ3) is 6.99. The lowest BCUT2D eigenvalue weighted by atomic mass is 9.64. The van der Waals surface area contributed by atoms with Crippen molar-refractivity contribution >= 4 is 11.8 Å². The average Bonchev–Trinajstić information content (AvgIpc) is 3.29. The van der Waals surface area contributed by atoms with Gasteiger partial charge in [0.25, 0.3) is 0 Å². The van der Waals surface area contributed by atoms with Gasteiger partial charge in [-0.3, -0.25) is 0 Å². The zero-order chi connectivity index (χ0) is 27.2. The van der Waals surface area contributed by atoms with E-state index in [0.29, 0.717) is 54.3 Å². The number of hydrogen-bond acceptors (Lipinski definition) is 9. The largest absolute Gasteiger partial charge is 0.496 e. The van der Waals surface area contributed by atoms with E-state index < -0.39 is 5.79 Å². The summed E-state index contributed by atoms with van der Waals surface area (Å²) in [5.74, 6) is 3.41. The number of hydrogen-bond donors (Lipinski definition) is 3. The Balaban J connectivity index is 1.13. The van der Waals surface area contributed by atoms with Crippen LogP contribution in [-0.4, -0.2) is 54.7 Å². The zero-order valence-corrected chi connectivity index (χ0v) is 23.4. The van der Waals surface area contributed by atoms with E-state index in [1.54, 1.807) is 13.3 Å². The highest BCUT2D eigenvalue weighted by molar-refractivity contribution is 5.53. The van der Waals surface area contributed by atoms with E-state index in [4.69, 9.17) is 14.2 Å². The first-order chi connectivity index (χ1) is 18.9. The number of rotatable bonds is 11. The third-order valence-corrected chi connectivity index (χ3v) is 8.45. The summed E-state index contributed by atoms with van der Waals surface area (Å²) in [5, 5.41) is 20.3. The number of ether oxygens (including phenoxy) is 3. The molecular weight excluding hydrogens is 492 g/mol. The summed E-state index contributed by atoms with van der Waals surface area (Å²) in [5.41, 5.74) is 1.49. The molecule has 2 aliphatic carbocycles. The lowest BCUT2D eigenvalue weighted by Crippen LogP contribution is -2.50. The molecule has 1 aromatic carbocycles. The first-order valence-electron chi connectivity index (χ1n) is 14.4. The summed E-state index contributed by atoms with van der Waals surface area (Å²) in [7, 11) is 1.66. The summed E-state index contributed by atoms with van der Waals surface area (Å²) in [6, 6.07) is 10.7. The minimum atomic E-state index is -0.451. The van der Waals surface area contributed by atoms with E-state index in [-0.39, 0.29) is 6.10 Å². The minimum absolute atomic E-state index is 0.184. The quantitative estimate of drug-likeness (QED) is 0.377. The maximum absolute atomic E-state index is 9.65. The van der Waals surface area contributed by atoms with Gasteiger partial charge in [0.1, 0.15) is 23.2 Å². The molecule has 5 atom stereocenters. The van der Waals surface area contributed by atoms with E-state index in [2.05, 4.69) is 32.0 Å². The molecule has 1 aliphatic heterocycles. The fraction of sp³-hybridized carbons (Fsp3) is 0.633. The second kappa shape index (κ2) is 12.5. The number of nitrogens with one attached hydrogen (secondary N) is 3. The highest BCUT2D eigenvalue weighted by Gasteiger charge is 2.40. The van der Waals surface area contributed by atoms with Gasteiger partial charge >= 0.3 is 0 Å². The van der Waals surface area contributed by atoms with Crippen molar-refractivity contribution < 1.29 is 14.2 Å². The summed E-state index contributed by atoms with van der Waals surface area (Å²) in [6.45, 7) is 6.99. The predicted octanol–water partition coefficient (Wildman–Crippen LogP) is 4.71. The topological polar surface area (TPSA) is 113 Å². The molecule has 5 rings (SSSR count). The van der Waals surface area contributed by atoms with Crippen molar-refractivity contribution in [3.05, 3.63) is 41.6 Å². The van der Waals surface area contributed by atoms with Crippen molar-refractivity contribution in [2.24, 2.45) is 17.8 Å². The summed E-state index contributed by atoms with van der Waals surface area (Å²) in [6.07, 6.45) is 9.06. The van der Waals surface area contributed by atoms with Gasteiger partial charge in [-0.1, -0.05) is 24.6 Å². The Hall–Kier alpha value is -2.93. The van der Waals surface area contributed by atoms with E-state index in [9.17, 15) is 5.26 Å². The summed E-state index contributed by atoms with van der Waals surface area (Å²) in [4.78, 5) is 8.99. The number of methoxy groups -OCH3 is 1. The van der Waals surface area contributed by atoms with Gasteiger partial charge in [0.2, 0.25) is 5.95 Å². The monoisotopic (exact) mass is 534 g/mol. The molecule has 0 radical (unpaired) electrons. The van der Waals surface area contributed by atoms with Crippen LogP contribution in [0.5, 0.6) is 5.75 Å². The Kier molecular flexibility index (Phi) is 8.85. The lowest BCUT2D eigenvalue weighted by Gasteiger charge is -2.46. The van der Waals surface area contributed by atoms with Crippen LogP contribution in [0.2, 0.25) is 0 Å². The molecular formula is C30H42N6O3. The Bertz CT molecular complexity index is 1140. The zero-order valence-electron chi connectivity index (χ0n) is 23.4. The lowest BCUT2D eigenvalue weighted by molar-refractivity contribution is -0.138. The maximum atomic E-state index is 9.65. The standard InChI is InChI=1S/C30H42N6O3/c1-30(2)38-19-25(39-30)11-12-32-27-21-8-6-9-22(27)14-20(13-21)16-33-28-24(15-31)18-35-29(36-28)34-17-23-7-4-5-10-26(23)37-3/h4-5,7,10,18,20-22,25,27,32H,6,8-9,11-14,16-17,19H2,1-3H3,(H2,33,34,35,36)/t20?,21-,22+,25-,27-/m1/s1. The Labute approximate surface area is 232 Å². The van der Waals surface area contributed by atoms with Gasteiger partial charge in [-0.15, -0.1) is 0 Å². The van der Waals surface area contributed by atoms with Crippen molar-refractivity contribution in [1.82, 2.24) is 15.3 Å². The summed E-state index contributed by atoms with van der Waals surface area (Å²) >= 11 is 0. The molecule has 2 bridgehead atoms. The molecule has 2 saturated carbocycles. The molecule has 2 aromatic rings. The number of anilines is 2. The maximum Gasteiger partial charge on any atom is 0.224 e. The number of benzene rings is 1. The normalized spacial score (nSPS) is 27.5. The number of para-hydroxylation sites is 1. The molecule has 3 N–H and O–H groups in total. The smallest absolute Gasteiger partial charge is 0.224 e. The number of fused-ring (bicyclic) bond motifs is 2. The van der Waals surface area contributed by atoms with Gasteiger partial charge in [0, 0.05) is 24.7 Å². The highest BCUT2D eigenvalue weighted by Crippen LogP contribution is 2.43. The molecule has 1 aromatic heterocycles. The molecule has 1 saturated heterocycles. The minimum Gasteiger partial charge on any atom is -0.496 e. The summed E-state index contributed by atoms with van der Waals surface area (Å²) < 4.78 is 17.1. The van der Waals surface area contributed by atoms with E-state index in [0.717, 1.165) is 30.8 Å². The van der Waals surface area contributed by atoms with Crippen LogP contribution in [-0.2, 0) is 16.0 Å². The molecule has 0 spiro atoms. The van der Waals surface area contributed by atoms with Crippen LogP contribution in [0.4, 0.5) is 11.8 Å². The van der Waals surface area contributed by atoms with E-state index >= 15 is 0 Å². The number of nitrogens with zero attached hydrogens (tertiary/aromatic N) is 3. The van der Waals surface area contributed by atoms with Crippen LogP contribution < -0.4 is 20.7 Å². The predicted molar refractivity (Wildman–Crippen MR) is 150 cm³/mol. The highest BCUT2D eigenvalue weighted by atomic mass is 16.7. The molecule has 210 valence electrons. The van der Waals surface area contributed by atoms with Crippen molar-refractivity contribution in [2.45, 2.75) is 76.9 Å². The third-order valence-electron chi connectivity index (χ3n) is 8.45. The first kappa shape index (κ1) is 27.6. The van der Waals surface area contributed by atoms with Crippen molar-refractivity contribution in [2.75, 3.05) is 37.4 Å². The molecule has 3 aliphatic rings. The molecule has 3 fully saturated rings. The van der Waals surface area contributed by atoms with Crippen LogP contribution in [0.3, 0.4) is 0 Å². The van der Waals surface area contributed by atoms with E-state index in [1.165, 1.54) is 32.1 Å².